The van der Waals surface area contributed by atoms with Crippen LogP contribution >= 0.6 is 27.7 Å². The second-order valence-corrected chi connectivity index (χ2v) is 7.32. The van der Waals surface area contributed by atoms with Crippen molar-refractivity contribution in [1.29, 1.82) is 0 Å². The molecule has 1 aromatic carbocycles. The lowest BCUT2D eigenvalue weighted by atomic mass is 10.3. The van der Waals surface area contributed by atoms with Gasteiger partial charge in [-0.25, -0.2) is 0 Å². The summed E-state index contributed by atoms with van der Waals surface area (Å²) in [5.41, 5.74) is 6.89. The number of aromatic nitrogens is 1. The largest absolute Gasteiger partial charge is 0.493 e. The van der Waals surface area contributed by atoms with Gasteiger partial charge in [0.05, 0.1) is 13.2 Å². The number of nitrogens with two attached hydrogens (primary N) is 1. The van der Waals surface area contributed by atoms with E-state index >= 15 is 0 Å². The first-order chi connectivity index (χ1) is 12.2. The van der Waals surface area contributed by atoms with Crippen LogP contribution in [0, 0.1) is 0 Å². The lowest BCUT2D eigenvalue weighted by molar-refractivity contribution is 0.344. The second-order valence-electron chi connectivity index (χ2n) is 5.18. The fourth-order valence-electron chi connectivity index (χ4n) is 2.03. The van der Waals surface area contributed by atoms with Crippen molar-refractivity contribution in [2.45, 2.75) is 6.42 Å². The molecule has 0 aliphatic heterocycles. The Morgan fingerprint density at radius 3 is 2.96 bits per heavy atom. The lowest BCUT2D eigenvalue weighted by Gasteiger charge is -2.06. The summed E-state index contributed by atoms with van der Waals surface area (Å²) in [6, 6.07) is 13.8. The molecular weight excluding hydrogens is 400 g/mol. The Balaban J connectivity index is 1.49. The standard InChI is InChI=1S/C18H23BrN4OS/c19-15-4-3-6-17(14-15)24-11-13-25-12-10-23-18(20)22-9-7-16-5-1-2-8-21-16/h1-6,8,14H,7,9-13H2,(H3,20,22,23). The number of benzene rings is 1. The van der Waals surface area contributed by atoms with Crippen LogP contribution in [0.5, 0.6) is 5.75 Å². The maximum atomic E-state index is 5.85. The van der Waals surface area contributed by atoms with E-state index in [1.807, 2.05) is 42.5 Å². The number of aliphatic imine (C=N–C) groups is 1. The zero-order valence-electron chi connectivity index (χ0n) is 14.0. The summed E-state index contributed by atoms with van der Waals surface area (Å²) in [5.74, 6) is 3.22. The fraction of sp³-hybridized carbons (Fsp3) is 0.333. The molecule has 0 fully saturated rings. The third kappa shape index (κ3) is 8.79. The maximum absolute atomic E-state index is 5.85. The lowest BCUT2D eigenvalue weighted by Crippen LogP contribution is -2.33. The smallest absolute Gasteiger partial charge is 0.188 e. The molecule has 2 aromatic rings. The highest BCUT2D eigenvalue weighted by Gasteiger charge is 1.97. The highest BCUT2D eigenvalue weighted by Crippen LogP contribution is 2.17. The van der Waals surface area contributed by atoms with Crippen molar-refractivity contribution in [2.75, 3.05) is 31.2 Å². The summed E-state index contributed by atoms with van der Waals surface area (Å²) in [7, 11) is 0. The van der Waals surface area contributed by atoms with E-state index in [2.05, 4.69) is 31.2 Å². The Morgan fingerprint density at radius 2 is 2.16 bits per heavy atom. The SMILES string of the molecule is NC(=NCCSCCOc1cccc(Br)c1)NCCc1ccccn1. The number of hydrogen-bond acceptors (Lipinski definition) is 4. The van der Waals surface area contributed by atoms with Crippen LogP contribution in [0.4, 0.5) is 0 Å². The van der Waals surface area contributed by atoms with E-state index in [0.717, 1.165) is 40.4 Å². The van der Waals surface area contributed by atoms with Crippen molar-refractivity contribution < 1.29 is 4.74 Å². The minimum atomic E-state index is 0.488. The number of ether oxygens (including phenoxy) is 1. The van der Waals surface area contributed by atoms with E-state index < -0.39 is 0 Å². The van der Waals surface area contributed by atoms with Crippen molar-refractivity contribution in [3.05, 3.63) is 58.8 Å². The average molecular weight is 423 g/mol. The molecule has 134 valence electrons. The van der Waals surface area contributed by atoms with E-state index in [0.29, 0.717) is 19.1 Å². The van der Waals surface area contributed by atoms with Gasteiger partial charge in [-0.2, -0.15) is 11.8 Å². The van der Waals surface area contributed by atoms with Gasteiger partial charge in [0.2, 0.25) is 0 Å². The Morgan fingerprint density at radius 1 is 1.24 bits per heavy atom. The van der Waals surface area contributed by atoms with Gasteiger partial charge in [-0.1, -0.05) is 28.1 Å². The summed E-state index contributed by atoms with van der Waals surface area (Å²) < 4.78 is 6.71. The number of rotatable bonds is 10. The number of nitrogens with one attached hydrogen (secondary N) is 1. The molecule has 0 saturated heterocycles. The number of pyridine rings is 1. The Hall–Kier alpha value is -1.73. The molecule has 0 unspecified atom stereocenters. The highest BCUT2D eigenvalue weighted by molar-refractivity contribution is 9.10. The molecule has 5 nitrogen and oxygen atoms in total. The number of guanidine groups is 1. The molecule has 0 aliphatic carbocycles. The number of thioether (sulfide) groups is 1. The van der Waals surface area contributed by atoms with E-state index in [4.69, 9.17) is 10.5 Å². The van der Waals surface area contributed by atoms with Gasteiger partial charge >= 0.3 is 0 Å². The van der Waals surface area contributed by atoms with E-state index in [1.165, 1.54) is 0 Å². The maximum Gasteiger partial charge on any atom is 0.188 e. The monoisotopic (exact) mass is 422 g/mol. The third-order valence-electron chi connectivity index (χ3n) is 3.22. The van der Waals surface area contributed by atoms with Crippen LogP contribution in [-0.4, -0.2) is 42.1 Å². The van der Waals surface area contributed by atoms with E-state index in [-0.39, 0.29) is 0 Å². The molecule has 0 atom stereocenters. The summed E-state index contributed by atoms with van der Waals surface area (Å²) in [5, 5.41) is 3.11. The summed E-state index contributed by atoms with van der Waals surface area (Å²) in [4.78, 5) is 8.59. The fourth-order valence-corrected chi connectivity index (χ4v) is 3.03. The quantitative estimate of drug-likeness (QED) is 0.349. The first-order valence-corrected chi connectivity index (χ1v) is 10.1. The van der Waals surface area contributed by atoms with Crippen LogP contribution < -0.4 is 15.8 Å². The first kappa shape index (κ1) is 19.6. The van der Waals surface area contributed by atoms with Gasteiger partial charge in [0.25, 0.3) is 0 Å². The third-order valence-corrected chi connectivity index (χ3v) is 4.64. The summed E-state index contributed by atoms with van der Waals surface area (Å²) >= 11 is 5.23. The molecule has 0 radical (unpaired) electrons. The zero-order valence-corrected chi connectivity index (χ0v) is 16.4. The predicted molar refractivity (Wildman–Crippen MR) is 109 cm³/mol. The number of hydrogen-bond donors (Lipinski definition) is 2. The molecule has 2 rings (SSSR count). The van der Waals surface area contributed by atoms with Crippen molar-refractivity contribution in [1.82, 2.24) is 10.3 Å². The summed E-state index contributed by atoms with van der Waals surface area (Å²) in [6.45, 7) is 2.12. The van der Waals surface area contributed by atoms with Crippen LogP contribution in [0.3, 0.4) is 0 Å². The highest BCUT2D eigenvalue weighted by atomic mass is 79.9. The normalized spacial score (nSPS) is 11.3. The van der Waals surface area contributed by atoms with Gasteiger partial charge in [0.15, 0.2) is 5.96 Å². The van der Waals surface area contributed by atoms with E-state index in [9.17, 15) is 0 Å². The molecule has 3 N–H and O–H groups in total. The van der Waals surface area contributed by atoms with Crippen LogP contribution in [0.2, 0.25) is 0 Å². The molecule has 0 saturated carbocycles. The van der Waals surface area contributed by atoms with Crippen molar-refractivity contribution in [2.24, 2.45) is 10.7 Å². The van der Waals surface area contributed by atoms with Crippen LogP contribution in [0.1, 0.15) is 5.69 Å². The molecule has 7 heteroatoms. The van der Waals surface area contributed by atoms with Gasteiger partial charge in [-0.15, -0.1) is 0 Å². The van der Waals surface area contributed by atoms with Crippen molar-refractivity contribution in [3.63, 3.8) is 0 Å². The van der Waals surface area contributed by atoms with Crippen LogP contribution in [0.15, 0.2) is 58.1 Å². The van der Waals surface area contributed by atoms with Gasteiger partial charge in [0, 0.05) is 40.8 Å². The minimum absolute atomic E-state index is 0.488. The Kier molecular flexibility index (Phi) is 9.22. The molecule has 0 spiro atoms. The van der Waals surface area contributed by atoms with Crippen LogP contribution in [-0.2, 0) is 6.42 Å². The first-order valence-electron chi connectivity index (χ1n) is 8.14. The molecule has 1 aromatic heterocycles. The van der Waals surface area contributed by atoms with Crippen molar-refractivity contribution in [3.8, 4) is 5.75 Å². The topological polar surface area (TPSA) is 72.5 Å². The van der Waals surface area contributed by atoms with Crippen LogP contribution in [0.25, 0.3) is 0 Å². The average Bonchev–Trinajstić information content (AvgIpc) is 2.62. The molecule has 1 heterocycles. The second kappa shape index (κ2) is 11.8. The van der Waals surface area contributed by atoms with Gasteiger partial charge in [-0.05, 0) is 30.3 Å². The number of halogens is 1. The molecule has 0 aliphatic rings. The Bertz CT molecular complexity index is 655. The zero-order chi connectivity index (χ0) is 17.7. The van der Waals surface area contributed by atoms with Crippen molar-refractivity contribution >= 4 is 33.7 Å². The molecule has 0 bridgehead atoms. The van der Waals surface area contributed by atoms with Gasteiger partial charge in [-0.3, -0.25) is 9.98 Å². The van der Waals surface area contributed by atoms with E-state index in [1.54, 1.807) is 18.0 Å². The van der Waals surface area contributed by atoms with Gasteiger partial charge < -0.3 is 15.8 Å². The van der Waals surface area contributed by atoms with Gasteiger partial charge in [0.1, 0.15) is 5.75 Å². The Labute approximate surface area is 161 Å². The predicted octanol–water partition coefficient (Wildman–Crippen LogP) is 3.10. The molecule has 25 heavy (non-hydrogen) atoms. The number of nitrogens with zero attached hydrogens (tertiary/aromatic N) is 2. The molecule has 0 amide bonds. The molecular formula is C18H23BrN4OS. The summed E-state index contributed by atoms with van der Waals surface area (Å²) in [6.07, 6.45) is 2.63. The minimum Gasteiger partial charge on any atom is -0.493 e.